The molecule has 1 rings (SSSR count). The lowest BCUT2D eigenvalue weighted by Gasteiger charge is -1.99. The van der Waals surface area contributed by atoms with Crippen molar-refractivity contribution < 1.29 is 9.53 Å². The molecule has 0 saturated heterocycles. The molecule has 0 aliphatic rings. The van der Waals surface area contributed by atoms with E-state index in [-0.39, 0.29) is 5.78 Å². The number of methoxy groups -OCH3 is 1. The van der Waals surface area contributed by atoms with E-state index in [9.17, 15) is 4.79 Å². The first-order valence-electron chi connectivity index (χ1n) is 4.83. The molecule has 1 aromatic carbocycles. The van der Waals surface area contributed by atoms with Gasteiger partial charge in [0.1, 0.15) is 0 Å². The van der Waals surface area contributed by atoms with Gasteiger partial charge in [-0.15, -0.1) is 0 Å². The van der Waals surface area contributed by atoms with Crippen LogP contribution < -0.4 is 0 Å². The SMILES string of the molecule is CC.COCc1ccc(C(C)=O)cc1. The van der Waals surface area contributed by atoms with Crippen molar-refractivity contribution in [2.75, 3.05) is 7.11 Å². The van der Waals surface area contributed by atoms with Gasteiger partial charge in [-0.2, -0.15) is 0 Å². The molecule has 14 heavy (non-hydrogen) atoms. The Hall–Kier alpha value is -1.15. The van der Waals surface area contributed by atoms with E-state index in [1.54, 1.807) is 14.0 Å². The number of carbonyl (C=O) groups is 1. The lowest BCUT2D eigenvalue weighted by molar-refractivity contribution is 0.101. The van der Waals surface area contributed by atoms with E-state index in [4.69, 9.17) is 4.74 Å². The molecule has 0 bridgehead atoms. The van der Waals surface area contributed by atoms with Crippen molar-refractivity contribution in [1.29, 1.82) is 0 Å². The molecule has 0 aliphatic heterocycles. The molecular formula is C12H18O2. The summed E-state index contributed by atoms with van der Waals surface area (Å²) in [6, 6.07) is 7.44. The highest BCUT2D eigenvalue weighted by molar-refractivity contribution is 5.93. The Morgan fingerprint density at radius 1 is 1.21 bits per heavy atom. The van der Waals surface area contributed by atoms with E-state index in [1.165, 1.54) is 0 Å². The Labute approximate surface area is 85.9 Å². The van der Waals surface area contributed by atoms with Gasteiger partial charge >= 0.3 is 0 Å². The van der Waals surface area contributed by atoms with Crippen molar-refractivity contribution in [3.63, 3.8) is 0 Å². The van der Waals surface area contributed by atoms with Gasteiger partial charge in [0.25, 0.3) is 0 Å². The quantitative estimate of drug-likeness (QED) is 0.691. The van der Waals surface area contributed by atoms with Crippen LogP contribution in [-0.2, 0) is 11.3 Å². The van der Waals surface area contributed by atoms with Gasteiger partial charge in [0, 0.05) is 12.7 Å². The lowest BCUT2D eigenvalue weighted by Crippen LogP contribution is -1.93. The highest BCUT2D eigenvalue weighted by atomic mass is 16.5. The van der Waals surface area contributed by atoms with Crippen LogP contribution in [0.5, 0.6) is 0 Å². The van der Waals surface area contributed by atoms with Gasteiger partial charge < -0.3 is 4.74 Å². The Kier molecular flexibility index (Phi) is 6.68. The van der Waals surface area contributed by atoms with Gasteiger partial charge in [-0.25, -0.2) is 0 Å². The van der Waals surface area contributed by atoms with Gasteiger partial charge in [0.2, 0.25) is 0 Å². The predicted molar refractivity (Wildman–Crippen MR) is 58.5 cm³/mol. The van der Waals surface area contributed by atoms with Crippen LogP contribution in [-0.4, -0.2) is 12.9 Å². The smallest absolute Gasteiger partial charge is 0.159 e. The largest absolute Gasteiger partial charge is 0.380 e. The fraction of sp³-hybridized carbons (Fsp3) is 0.417. The fourth-order valence-corrected chi connectivity index (χ4v) is 1.00. The van der Waals surface area contributed by atoms with Crippen LogP contribution in [0.2, 0.25) is 0 Å². The average Bonchev–Trinajstić information content (AvgIpc) is 2.22. The van der Waals surface area contributed by atoms with E-state index in [1.807, 2.05) is 38.1 Å². The molecule has 0 heterocycles. The van der Waals surface area contributed by atoms with Gasteiger partial charge in [-0.3, -0.25) is 4.79 Å². The van der Waals surface area contributed by atoms with E-state index >= 15 is 0 Å². The number of hydrogen-bond donors (Lipinski definition) is 0. The average molecular weight is 194 g/mol. The second kappa shape index (κ2) is 7.27. The molecule has 0 atom stereocenters. The molecule has 0 aromatic heterocycles. The second-order valence-corrected chi connectivity index (χ2v) is 2.69. The molecule has 2 heteroatoms. The molecule has 2 nitrogen and oxygen atoms in total. The first-order valence-corrected chi connectivity index (χ1v) is 4.83. The molecule has 0 saturated carbocycles. The van der Waals surface area contributed by atoms with E-state index in [0.717, 1.165) is 11.1 Å². The van der Waals surface area contributed by atoms with Crippen molar-refractivity contribution in [2.45, 2.75) is 27.4 Å². The van der Waals surface area contributed by atoms with Crippen LogP contribution in [0.15, 0.2) is 24.3 Å². The van der Waals surface area contributed by atoms with Gasteiger partial charge in [-0.05, 0) is 12.5 Å². The van der Waals surface area contributed by atoms with Crippen molar-refractivity contribution >= 4 is 5.78 Å². The Morgan fingerprint density at radius 3 is 2.07 bits per heavy atom. The minimum absolute atomic E-state index is 0.0963. The summed E-state index contributed by atoms with van der Waals surface area (Å²) in [6.07, 6.45) is 0. The first-order chi connectivity index (χ1) is 6.74. The Balaban J connectivity index is 0.000000791. The third kappa shape index (κ3) is 4.19. The molecule has 0 amide bonds. The molecule has 78 valence electrons. The summed E-state index contributed by atoms with van der Waals surface area (Å²) in [5.74, 6) is 0.0963. The summed E-state index contributed by atoms with van der Waals surface area (Å²) in [4.78, 5) is 10.9. The topological polar surface area (TPSA) is 26.3 Å². The summed E-state index contributed by atoms with van der Waals surface area (Å²) in [5, 5.41) is 0. The van der Waals surface area contributed by atoms with Gasteiger partial charge in [0.15, 0.2) is 5.78 Å². The number of rotatable bonds is 3. The molecule has 0 radical (unpaired) electrons. The zero-order chi connectivity index (χ0) is 11.0. The molecule has 0 spiro atoms. The number of benzene rings is 1. The highest BCUT2D eigenvalue weighted by Crippen LogP contribution is 2.05. The summed E-state index contributed by atoms with van der Waals surface area (Å²) in [6.45, 7) is 6.16. The minimum atomic E-state index is 0.0963. The maximum Gasteiger partial charge on any atom is 0.159 e. The van der Waals surface area contributed by atoms with Crippen LogP contribution in [0.3, 0.4) is 0 Å². The van der Waals surface area contributed by atoms with E-state index in [0.29, 0.717) is 6.61 Å². The summed E-state index contributed by atoms with van der Waals surface area (Å²) < 4.78 is 4.94. The number of ether oxygens (including phenoxy) is 1. The normalized spacial score (nSPS) is 8.86. The number of ketones is 1. The Bertz CT molecular complexity index is 262. The second-order valence-electron chi connectivity index (χ2n) is 2.69. The van der Waals surface area contributed by atoms with Crippen molar-refractivity contribution in [1.82, 2.24) is 0 Å². The number of Topliss-reactive ketones (excluding diaryl/α,β-unsaturated/α-hetero) is 1. The van der Waals surface area contributed by atoms with Crippen LogP contribution in [0.1, 0.15) is 36.7 Å². The lowest BCUT2D eigenvalue weighted by atomic mass is 10.1. The third-order valence-electron chi connectivity index (χ3n) is 1.67. The highest BCUT2D eigenvalue weighted by Gasteiger charge is 1.97. The van der Waals surface area contributed by atoms with Crippen LogP contribution >= 0.6 is 0 Å². The standard InChI is InChI=1S/C10H12O2.C2H6/c1-8(11)10-5-3-9(4-6-10)7-12-2;1-2/h3-6H,7H2,1-2H3;1-2H3. The molecule has 0 unspecified atom stereocenters. The first kappa shape index (κ1) is 12.8. The van der Waals surface area contributed by atoms with Crippen molar-refractivity contribution in [2.24, 2.45) is 0 Å². The summed E-state index contributed by atoms with van der Waals surface area (Å²) >= 11 is 0. The summed E-state index contributed by atoms with van der Waals surface area (Å²) in [5.41, 5.74) is 1.83. The van der Waals surface area contributed by atoms with Crippen molar-refractivity contribution in [3.05, 3.63) is 35.4 Å². The van der Waals surface area contributed by atoms with E-state index < -0.39 is 0 Å². The molecule has 0 fully saturated rings. The summed E-state index contributed by atoms with van der Waals surface area (Å²) in [7, 11) is 1.65. The predicted octanol–water partition coefficient (Wildman–Crippen LogP) is 3.06. The van der Waals surface area contributed by atoms with Crippen LogP contribution in [0.25, 0.3) is 0 Å². The molecular weight excluding hydrogens is 176 g/mol. The zero-order valence-corrected chi connectivity index (χ0v) is 9.33. The maximum absolute atomic E-state index is 10.9. The van der Waals surface area contributed by atoms with Gasteiger partial charge in [-0.1, -0.05) is 38.1 Å². The number of carbonyl (C=O) groups excluding carboxylic acids is 1. The van der Waals surface area contributed by atoms with Gasteiger partial charge in [0.05, 0.1) is 6.61 Å². The Morgan fingerprint density at radius 2 is 1.71 bits per heavy atom. The monoisotopic (exact) mass is 194 g/mol. The molecule has 0 N–H and O–H groups in total. The molecule has 0 aliphatic carbocycles. The van der Waals surface area contributed by atoms with E-state index in [2.05, 4.69) is 0 Å². The molecule has 1 aromatic rings. The van der Waals surface area contributed by atoms with Crippen LogP contribution in [0.4, 0.5) is 0 Å². The maximum atomic E-state index is 10.9. The number of hydrogen-bond acceptors (Lipinski definition) is 2. The zero-order valence-electron chi connectivity index (χ0n) is 9.33. The third-order valence-corrected chi connectivity index (χ3v) is 1.67. The van der Waals surface area contributed by atoms with Crippen LogP contribution in [0, 0.1) is 0 Å². The fourth-order valence-electron chi connectivity index (χ4n) is 1.00. The van der Waals surface area contributed by atoms with Crippen molar-refractivity contribution in [3.8, 4) is 0 Å². The minimum Gasteiger partial charge on any atom is -0.380 e.